The molecule has 0 aliphatic carbocycles. The van der Waals surface area contributed by atoms with Crippen molar-refractivity contribution >= 4 is 23.2 Å². The molecule has 0 fully saturated rings. The minimum Gasteiger partial charge on any atom is -0.361 e. The van der Waals surface area contributed by atoms with Gasteiger partial charge < -0.3 is 5.32 Å². The number of amides is 1. The number of nitrogens with one attached hydrogen (secondary N) is 3. The van der Waals surface area contributed by atoms with E-state index in [0.717, 1.165) is 25.1 Å². The van der Waals surface area contributed by atoms with Crippen molar-refractivity contribution in [3.05, 3.63) is 36.2 Å². The first kappa shape index (κ1) is 15.8. The molecule has 0 spiro atoms. The molecule has 1 aromatic heterocycles. The van der Waals surface area contributed by atoms with Crippen LogP contribution in [0.5, 0.6) is 0 Å². The Hall–Kier alpha value is -2.55. The predicted molar refractivity (Wildman–Crippen MR) is 85.3 cm³/mol. The Bertz CT molecular complexity index is 612. The average Bonchev–Trinajstić information content (AvgIpc) is 3.07. The molecule has 116 valence electrons. The summed E-state index contributed by atoms with van der Waals surface area (Å²) in [4.78, 5) is 12.0. The number of thiocarbonyl (C=S) groups is 1. The molecule has 22 heavy (non-hydrogen) atoms. The van der Waals surface area contributed by atoms with Crippen LogP contribution >= 0.6 is 12.2 Å². The largest absolute Gasteiger partial charge is 0.361 e. The molecule has 9 heteroatoms. The Kier molecular flexibility index (Phi) is 5.78. The number of hydrogen-bond acceptors (Lipinski definition) is 5. The highest BCUT2D eigenvalue weighted by Crippen LogP contribution is 2.07. The number of tetrazole rings is 1. The first-order valence-corrected chi connectivity index (χ1v) is 7.29. The average molecular weight is 319 g/mol. The van der Waals surface area contributed by atoms with Gasteiger partial charge in [-0.3, -0.25) is 15.6 Å². The molecule has 1 aromatic carbocycles. The summed E-state index contributed by atoms with van der Waals surface area (Å²) in [5.74, 6) is -0.275. The van der Waals surface area contributed by atoms with Crippen molar-refractivity contribution in [1.29, 1.82) is 0 Å². The third-order valence-electron chi connectivity index (χ3n) is 2.85. The molecule has 0 aliphatic heterocycles. The Balaban J connectivity index is 1.84. The van der Waals surface area contributed by atoms with Crippen molar-refractivity contribution in [2.75, 3.05) is 6.54 Å². The fraction of sp³-hybridized carbons (Fsp3) is 0.308. The van der Waals surface area contributed by atoms with Crippen LogP contribution in [0.4, 0.5) is 0 Å². The second-order valence-corrected chi connectivity index (χ2v) is 4.90. The smallest absolute Gasteiger partial charge is 0.269 e. The van der Waals surface area contributed by atoms with E-state index in [1.165, 1.54) is 11.0 Å². The van der Waals surface area contributed by atoms with Crippen molar-refractivity contribution in [1.82, 2.24) is 36.4 Å². The van der Waals surface area contributed by atoms with Crippen molar-refractivity contribution in [2.24, 2.45) is 0 Å². The third-order valence-corrected chi connectivity index (χ3v) is 3.09. The maximum atomic E-state index is 12.0. The highest BCUT2D eigenvalue weighted by molar-refractivity contribution is 7.80. The van der Waals surface area contributed by atoms with Gasteiger partial charge in [-0.05, 0) is 53.3 Å². The lowest BCUT2D eigenvalue weighted by molar-refractivity contribution is 0.0943. The van der Waals surface area contributed by atoms with Crippen LogP contribution in [0.25, 0.3) is 5.69 Å². The molecule has 2 rings (SSSR count). The monoisotopic (exact) mass is 319 g/mol. The summed E-state index contributed by atoms with van der Waals surface area (Å²) in [6, 6.07) is 6.87. The van der Waals surface area contributed by atoms with Gasteiger partial charge in [-0.15, -0.1) is 5.10 Å². The number of carbonyl (C=O) groups is 1. The van der Waals surface area contributed by atoms with Gasteiger partial charge in [0.15, 0.2) is 5.11 Å². The van der Waals surface area contributed by atoms with E-state index in [1.807, 2.05) is 0 Å². The lowest BCUT2D eigenvalue weighted by Crippen LogP contribution is -2.46. The predicted octanol–water partition coefficient (Wildman–Crippen LogP) is 0.571. The molecule has 1 heterocycles. The van der Waals surface area contributed by atoms with E-state index in [9.17, 15) is 4.79 Å². The van der Waals surface area contributed by atoms with E-state index in [4.69, 9.17) is 12.2 Å². The topological polar surface area (TPSA) is 96.8 Å². The normalized spacial score (nSPS) is 10.0. The first-order valence-electron chi connectivity index (χ1n) is 6.88. The summed E-state index contributed by atoms with van der Waals surface area (Å²) in [6.45, 7) is 2.87. The molecular formula is C13H17N7OS. The van der Waals surface area contributed by atoms with Gasteiger partial charge in [0, 0.05) is 12.1 Å². The fourth-order valence-electron chi connectivity index (χ4n) is 1.65. The van der Waals surface area contributed by atoms with E-state index < -0.39 is 0 Å². The maximum Gasteiger partial charge on any atom is 0.269 e. The zero-order chi connectivity index (χ0) is 15.8. The molecule has 3 N–H and O–H groups in total. The molecule has 0 saturated carbocycles. The molecule has 2 aromatic rings. The van der Waals surface area contributed by atoms with E-state index >= 15 is 0 Å². The second kappa shape index (κ2) is 8.03. The molecule has 0 radical (unpaired) electrons. The summed E-state index contributed by atoms with van der Waals surface area (Å²) in [7, 11) is 0. The van der Waals surface area contributed by atoms with Crippen LogP contribution in [0.15, 0.2) is 30.6 Å². The Morgan fingerprint density at radius 1 is 1.27 bits per heavy atom. The molecule has 0 atom stereocenters. The van der Waals surface area contributed by atoms with Gasteiger partial charge in [-0.1, -0.05) is 13.3 Å². The summed E-state index contributed by atoms with van der Waals surface area (Å²) in [5, 5.41) is 14.3. The third kappa shape index (κ3) is 4.48. The number of hydrazine groups is 1. The van der Waals surface area contributed by atoms with E-state index in [-0.39, 0.29) is 5.91 Å². The second-order valence-electron chi connectivity index (χ2n) is 4.49. The number of unbranched alkanes of at least 4 members (excludes halogenated alkanes) is 1. The van der Waals surface area contributed by atoms with Crippen LogP contribution < -0.4 is 16.2 Å². The minimum atomic E-state index is -0.275. The van der Waals surface area contributed by atoms with Crippen LogP contribution in [-0.4, -0.2) is 37.8 Å². The summed E-state index contributed by atoms with van der Waals surface area (Å²) >= 11 is 5.05. The van der Waals surface area contributed by atoms with Crippen LogP contribution in [0.1, 0.15) is 30.1 Å². The number of hydrogen-bond donors (Lipinski definition) is 3. The minimum absolute atomic E-state index is 0.275. The number of aromatic nitrogens is 4. The van der Waals surface area contributed by atoms with E-state index in [2.05, 4.69) is 38.6 Å². The molecule has 0 saturated heterocycles. The van der Waals surface area contributed by atoms with Gasteiger partial charge in [0.1, 0.15) is 6.33 Å². The number of nitrogens with zero attached hydrogens (tertiary/aromatic N) is 4. The van der Waals surface area contributed by atoms with E-state index in [0.29, 0.717) is 10.7 Å². The highest BCUT2D eigenvalue weighted by Gasteiger charge is 2.06. The molecule has 8 nitrogen and oxygen atoms in total. The van der Waals surface area contributed by atoms with Gasteiger partial charge in [0.05, 0.1) is 5.69 Å². The highest BCUT2D eigenvalue weighted by atomic mass is 32.1. The lowest BCUT2D eigenvalue weighted by Gasteiger charge is -2.11. The van der Waals surface area contributed by atoms with Crippen LogP contribution in [0.2, 0.25) is 0 Å². The Labute approximate surface area is 133 Å². The van der Waals surface area contributed by atoms with Crippen LogP contribution in [0.3, 0.4) is 0 Å². The zero-order valence-corrected chi connectivity index (χ0v) is 12.9. The summed E-state index contributed by atoms with van der Waals surface area (Å²) in [6.07, 6.45) is 3.58. The summed E-state index contributed by atoms with van der Waals surface area (Å²) in [5.41, 5.74) is 6.48. The van der Waals surface area contributed by atoms with Gasteiger partial charge >= 0.3 is 0 Å². The Morgan fingerprint density at radius 2 is 2.05 bits per heavy atom. The van der Waals surface area contributed by atoms with Crippen LogP contribution in [0, 0.1) is 0 Å². The fourth-order valence-corrected chi connectivity index (χ4v) is 1.81. The summed E-state index contributed by atoms with van der Waals surface area (Å²) < 4.78 is 1.51. The SMILES string of the molecule is CCCCNC(=S)NNC(=O)c1ccc(-n2cnnn2)cc1. The van der Waals surface area contributed by atoms with Gasteiger partial charge in [-0.2, -0.15) is 0 Å². The van der Waals surface area contributed by atoms with Crippen molar-refractivity contribution in [3.63, 3.8) is 0 Å². The van der Waals surface area contributed by atoms with Crippen LogP contribution in [-0.2, 0) is 0 Å². The van der Waals surface area contributed by atoms with Gasteiger partial charge in [-0.25, -0.2) is 4.68 Å². The number of benzene rings is 1. The first-order chi connectivity index (χ1) is 10.7. The van der Waals surface area contributed by atoms with Crippen molar-refractivity contribution in [3.8, 4) is 5.69 Å². The molecule has 1 amide bonds. The standard InChI is InChI=1S/C13H17N7OS/c1-2-3-8-14-13(22)17-16-12(21)10-4-6-11(7-5-10)20-9-15-18-19-20/h4-7,9H,2-3,8H2,1H3,(H,16,21)(H2,14,17,22). The van der Waals surface area contributed by atoms with Crippen molar-refractivity contribution in [2.45, 2.75) is 19.8 Å². The van der Waals surface area contributed by atoms with Gasteiger partial charge in [0.2, 0.25) is 0 Å². The Morgan fingerprint density at radius 3 is 2.68 bits per heavy atom. The zero-order valence-electron chi connectivity index (χ0n) is 12.1. The lowest BCUT2D eigenvalue weighted by atomic mass is 10.2. The number of rotatable bonds is 5. The molecule has 0 bridgehead atoms. The maximum absolute atomic E-state index is 12.0. The molecule has 0 unspecified atom stereocenters. The number of carbonyl (C=O) groups excluding carboxylic acids is 1. The van der Waals surface area contributed by atoms with Gasteiger partial charge in [0.25, 0.3) is 5.91 Å². The van der Waals surface area contributed by atoms with Crippen molar-refractivity contribution < 1.29 is 4.79 Å². The molecular weight excluding hydrogens is 302 g/mol. The molecule has 0 aliphatic rings. The van der Waals surface area contributed by atoms with E-state index in [1.54, 1.807) is 24.3 Å². The quantitative estimate of drug-likeness (QED) is 0.421.